The zero-order valence-corrected chi connectivity index (χ0v) is 11.5. The van der Waals surface area contributed by atoms with Crippen LogP contribution in [0.25, 0.3) is 0 Å². The first-order valence-corrected chi connectivity index (χ1v) is 6.76. The second-order valence-corrected chi connectivity index (χ2v) is 5.36. The lowest BCUT2D eigenvalue weighted by molar-refractivity contribution is -0.916. The van der Waals surface area contributed by atoms with E-state index in [2.05, 4.69) is 12.4 Å². The highest BCUT2D eigenvalue weighted by atomic mass is 16.5. The van der Waals surface area contributed by atoms with Crippen LogP contribution < -0.4 is 5.32 Å². The van der Waals surface area contributed by atoms with Crippen molar-refractivity contribution in [2.75, 3.05) is 46.4 Å². The molecule has 0 bridgehead atoms. The molecule has 1 N–H and O–H groups in total. The van der Waals surface area contributed by atoms with E-state index in [9.17, 15) is 4.79 Å². The van der Waals surface area contributed by atoms with Gasteiger partial charge in [-0.2, -0.15) is 0 Å². The fourth-order valence-corrected chi connectivity index (χ4v) is 2.04. The van der Waals surface area contributed by atoms with Crippen LogP contribution >= 0.6 is 0 Å². The number of carbonyl (C=O) groups excluding carboxylic acids is 1. The molecular formula is C13H27N2O2+. The summed E-state index contributed by atoms with van der Waals surface area (Å²) in [5.74, 6) is 0.334. The summed E-state index contributed by atoms with van der Waals surface area (Å²) >= 11 is 0. The third kappa shape index (κ3) is 5.04. The van der Waals surface area contributed by atoms with Gasteiger partial charge in [0.1, 0.15) is 13.1 Å². The van der Waals surface area contributed by atoms with Gasteiger partial charge in [0.2, 0.25) is 5.91 Å². The van der Waals surface area contributed by atoms with Gasteiger partial charge in [-0.25, -0.2) is 0 Å². The molecule has 0 radical (unpaired) electrons. The SMILES string of the molecule is CCC(C)C(=O)NCCC[N+]1(C)CCOCC1. The minimum Gasteiger partial charge on any atom is -0.370 e. The maximum atomic E-state index is 11.6. The van der Waals surface area contributed by atoms with Crippen LogP contribution in [-0.4, -0.2) is 56.8 Å². The van der Waals surface area contributed by atoms with E-state index in [1.807, 2.05) is 13.8 Å². The standard InChI is InChI=1S/C13H26N2O2/c1-4-12(2)13(16)14-6-5-7-15(3)8-10-17-11-9-15/h12H,4-11H2,1-3H3/p+1. The van der Waals surface area contributed by atoms with Crippen LogP contribution in [0, 0.1) is 5.92 Å². The van der Waals surface area contributed by atoms with Gasteiger partial charge in [0.25, 0.3) is 0 Å². The number of carbonyl (C=O) groups is 1. The Morgan fingerprint density at radius 3 is 2.65 bits per heavy atom. The van der Waals surface area contributed by atoms with Crippen LogP contribution in [0.5, 0.6) is 0 Å². The molecule has 0 aromatic carbocycles. The molecule has 4 heteroatoms. The highest BCUT2D eigenvalue weighted by Gasteiger charge is 2.24. The van der Waals surface area contributed by atoms with E-state index in [-0.39, 0.29) is 11.8 Å². The Morgan fingerprint density at radius 1 is 1.41 bits per heavy atom. The van der Waals surface area contributed by atoms with E-state index >= 15 is 0 Å². The molecule has 1 aliphatic rings. The molecule has 4 nitrogen and oxygen atoms in total. The van der Waals surface area contributed by atoms with Crippen LogP contribution in [0.2, 0.25) is 0 Å². The maximum Gasteiger partial charge on any atom is 0.222 e. The van der Waals surface area contributed by atoms with E-state index < -0.39 is 0 Å². The second-order valence-electron chi connectivity index (χ2n) is 5.36. The number of hydrogen-bond acceptors (Lipinski definition) is 2. The Morgan fingerprint density at radius 2 is 2.06 bits per heavy atom. The zero-order valence-electron chi connectivity index (χ0n) is 11.5. The third-order valence-corrected chi connectivity index (χ3v) is 3.78. The molecule has 0 aromatic rings. The molecule has 1 aliphatic heterocycles. The predicted molar refractivity (Wildman–Crippen MR) is 68.7 cm³/mol. The van der Waals surface area contributed by atoms with Crippen molar-refractivity contribution in [1.82, 2.24) is 5.32 Å². The van der Waals surface area contributed by atoms with E-state index in [4.69, 9.17) is 4.74 Å². The lowest BCUT2D eigenvalue weighted by Gasteiger charge is -2.37. The second kappa shape index (κ2) is 6.97. The highest BCUT2D eigenvalue weighted by Crippen LogP contribution is 2.08. The number of quaternary nitrogens is 1. The maximum absolute atomic E-state index is 11.6. The van der Waals surface area contributed by atoms with Gasteiger partial charge in [0.15, 0.2) is 0 Å². The van der Waals surface area contributed by atoms with E-state index in [0.717, 1.165) is 56.7 Å². The first-order valence-electron chi connectivity index (χ1n) is 6.76. The summed E-state index contributed by atoms with van der Waals surface area (Å²) in [5.41, 5.74) is 0. The highest BCUT2D eigenvalue weighted by molar-refractivity contribution is 5.78. The molecule has 0 spiro atoms. The Bertz CT molecular complexity index is 238. The average Bonchev–Trinajstić information content (AvgIpc) is 2.34. The normalized spacial score (nSPS) is 20.9. The van der Waals surface area contributed by atoms with Crippen molar-refractivity contribution in [1.29, 1.82) is 0 Å². The molecule has 1 atom stereocenters. The Labute approximate surface area is 105 Å². The van der Waals surface area contributed by atoms with Crippen LogP contribution in [0.4, 0.5) is 0 Å². The van der Waals surface area contributed by atoms with Crippen molar-refractivity contribution in [3.05, 3.63) is 0 Å². The number of hydrogen-bond donors (Lipinski definition) is 1. The van der Waals surface area contributed by atoms with Gasteiger partial charge in [-0.05, 0) is 6.42 Å². The number of rotatable bonds is 6. The molecule has 0 saturated carbocycles. The van der Waals surface area contributed by atoms with E-state index in [1.165, 1.54) is 0 Å². The van der Waals surface area contributed by atoms with Crippen LogP contribution in [0.15, 0.2) is 0 Å². The Balaban J connectivity index is 2.13. The largest absolute Gasteiger partial charge is 0.370 e. The van der Waals surface area contributed by atoms with Crippen molar-refractivity contribution in [3.8, 4) is 0 Å². The van der Waals surface area contributed by atoms with Gasteiger partial charge in [0, 0.05) is 18.9 Å². The minimum atomic E-state index is 0.142. The average molecular weight is 243 g/mol. The first-order chi connectivity index (χ1) is 8.07. The number of nitrogens with zero attached hydrogens (tertiary/aromatic N) is 1. The fourth-order valence-electron chi connectivity index (χ4n) is 2.04. The van der Waals surface area contributed by atoms with Gasteiger partial charge in [-0.15, -0.1) is 0 Å². The molecule has 1 saturated heterocycles. The van der Waals surface area contributed by atoms with Gasteiger partial charge in [-0.1, -0.05) is 13.8 Å². The number of likely N-dealkylation sites (N-methyl/N-ethyl adjacent to an activating group) is 1. The van der Waals surface area contributed by atoms with Crippen LogP contribution in [-0.2, 0) is 9.53 Å². The van der Waals surface area contributed by atoms with Gasteiger partial charge in [-0.3, -0.25) is 4.79 Å². The van der Waals surface area contributed by atoms with Crippen molar-refractivity contribution >= 4 is 5.91 Å². The minimum absolute atomic E-state index is 0.142. The zero-order chi connectivity index (χ0) is 12.7. The summed E-state index contributed by atoms with van der Waals surface area (Å²) in [5, 5.41) is 3.01. The summed E-state index contributed by atoms with van der Waals surface area (Å²) in [6.45, 7) is 9.89. The quantitative estimate of drug-likeness (QED) is 0.558. The molecule has 0 aliphatic carbocycles. The summed E-state index contributed by atoms with van der Waals surface area (Å²) in [6.07, 6.45) is 1.97. The van der Waals surface area contributed by atoms with Gasteiger partial charge >= 0.3 is 0 Å². The summed E-state index contributed by atoms with van der Waals surface area (Å²) in [4.78, 5) is 11.6. The fraction of sp³-hybridized carbons (Fsp3) is 0.923. The Hall–Kier alpha value is -0.610. The molecule has 1 fully saturated rings. The monoisotopic (exact) mass is 243 g/mol. The van der Waals surface area contributed by atoms with Crippen molar-refractivity contribution in [3.63, 3.8) is 0 Å². The van der Waals surface area contributed by atoms with Crippen LogP contribution in [0.1, 0.15) is 26.7 Å². The van der Waals surface area contributed by atoms with E-state index in [1.54, 1.807) is 0 Å². The van der Waals surface area contributed by atoms with Crippen molar-refractivity contribution in [2.45, 2.75) is 26.7 Å². The third-order valence-electron chi connectivity index (χ3n) is 3.78. The summed E-state index contributed by atoms with van der Waals surface area (Å²) in [7, 11) is 2.28. The molecule has 1 rings (SSSR count). The number of morpholine rings is 1. The van der Waals surface area contributed by atoms with Gasteiger partial charge < -0.3 is 14.5 Å². The van der Waals surface area contributed by atoms with Crippen molar-refractivity contribution < 1.29 is 14.0 Å². The summed E-state index contributed by atoms with van der Waals surface area (Å²) in [6, 6.07) is 0. The number of ether oxygens (including phenoxy) is 1. The lowest BCUT2D eigenvalue weighted by Crippen LogP contribution is -2.52. The van der Waals surface area contributed by atoms with Crippen molar-refractivity contribution in [2.24, 2.45) is 5.92 Å². The smallest absolute Gasteiger partial charge is 0.222 e. The van der Waals surface area contributed by atoms with Gasteiger partial charge in [0.05, 0.1) is 26.8 Å². The molecule has 1 unspecified atom stereocenters. The topological polar surface area (TPSA) is 38.3 Å². The lowest BCUT2D eigenvalue weighted by atomic mass is 10.1. The van der Waals surface area contributed by atoms with E-state index in [0.29, 0.717) is 0 Å². The predicted octanol–water partition coefficient (Wildman–Crippen LogP) is 1.02. The number of amides is 1. The first kappa shape index (κ1) is 14.5. The Kier molecular flexibility index (Phi) is 5.92. The molecule has 100 valence electrons. The molecule has 1 heterocycles. The number of nitrogens with one attached hydrogen (secondary N) is 1. The molecular weight excluding hydrogens is 216 g/mol. The summed E-state index contributed by atoms with van der Waals surface area (Å²) < 4.78 is 6.45. The molecule has 17 heavy (non-hydrogen) atoms. The van der Waals surface area contributed by atoms with Crippen LogP contribution in [0.3, 0.4) is 0 Å². The molecule has 1 amide bonds. The molecule has 0 aromatic heterocycles.